The lowest BCUT2D eigenvalue weighted by Crippen LogP contribution is -2.29. The SMILES string of the molecule is Cc1cc(O)c2c(C)c(CC(=O)NCCCOC(C)C)c(=O)oc2c1. The summed E-state index contributed by atoms with van der Waals surface area (Å²) < 4.78 is 10.7. The smallest absolute Gasteiger partial charge is 0.340 e. The minimum Gasteiger partial charge on any atom is -0.507 e. The van der Waals surface area contributed by atoms with Gasteiger partial charge in [0.1, 0.15) is 11.3 Å². The van der Waals surface area contributed by atoms with Crippen molar-refractivity contribution in [3.8, 4) is 5.75 Å². The number of benzene rings is 1. The third-order valence-corrected chi connectivity index (χ3v) is 3.93. The zero-order valence-corrected chi connectivity index (χ0v) is 15.1. The van der Waals surface area contributed by atoms with E-state index < -0.39 is 5.63 Å². The minimum absolute atomic E-state index is 0.0451. The first-order chi connectivity index (χ1) is 11.8. The molecule has 2 aromatic rings. The number of amides is 1. The molecule has 0 fully saturated rings. The number of carbonyl (C=O) groups excluding carboxylic acids is 1. The fraction of sp³-hybridized carbons (Fsp3) is 0.474. The normalized spacial score (nSPS) is 11.2. The summed E-state index contributed by atoms with van der Waals surface area (Å²) in [6.45, 7) is 8.48. The van der Waals surface area contributed by atoms with Gasteiger partial charge >= 0.3 is 5.63 Å². The standard InChI is InChI=1S/C19H25NO5/c1-11(2)24-7-5-6-20-17(22)10-14-13(4)18-15(21)8-12(3)9-16(18)25-19(14)23/h8-9,11,21H,5-7,10H2,1-4H3,(H,20,22). The number of ether oxygens (including phenoxy) is 1. The van der Waals surface area contributed by atoms with Gasteiger partial charge in [-0.1, -0.05) is 0 Å². The topological polar surface area (TPSA) is 88.8 Å². The van der Waals surface area contributed by atoms with Crippen molar-refractivity contribution >= 4 is 16.9 Å². The number of hydrogen-bond donors (Lipinski definition) is 2. The number of rotatable bonds is 7. The van der Waals surface area contributed by atoms with E-state index in [0.717, 1.165) is 5.56 Å². The summed E-state index contributed by atoms with van der Waals surface area (Å²) >= 11 is 0. The molecule has 0 unspecified atom stereocenters. The Labute approximate surface area is 146 Å². The fourth-order valence-electron chi connectivity index (χ4n) is 2.70. The quantitative estimate of drug-likeness (QED) is 0.594. The molecule has 0 saturated carbocycles. The molecule has 1 heterocycles. The van der Waals surface area contributed by atoms with Crippen molar-refractivity contribution in [2.45, 2.75) is 46.6 Å². The zero-order valence-electron chi connectivity index (χ0n) is 15.1. The molecule has 0 atom stereocenters. The summed E-state index contributed by atoms with van der Waals surface area (Å²) in [6, 6.07) is 3.30. The van der Waals surface area contributed by atoms with Gasteiger partial charge < -0.3 is 19.6 Å². The monoisotopic (exact) mass is 347 g/mol. The van der Waals surface area contributed by atoms with Gasteiger partial charge in [-0.25, -0.2) is 4.79 Å². The first-order valence-electron chi connectivity index (χ1n) is 8.43. The number of aromatic hydroxyl groups is 1. The van der Waals surface area contributed by atoms with Gasteiger partial charge in [0.05, 0.1) is 23.5 Å². The molecule has 2 rings (SSSR count). The van der Waals surface area contributed by atoms with Gasteiger partial charge in [0.25, 0.3) is 0 Å². The van der Waals surface area contributed by atoms with E-state index in [2.05, 4.69) is 5.32 Å². The Hall–Kier alpha value is -2.34. The first-order valence-corrected chi connectivity index (χ1v) is 8.43. The van der Waals surface area contributed by atoms with Crippen molar-refractivity contribution in [2.75, 3.05) is 13.2 Å². The highest BCUT2D eigenvalue weighted by Crippen LogP contribution is 2.29. The Morgan fingerprint density at radius 1 is 1.32 bits per heavy atom. The maximum absolute atomic E-state index is 12.2. The van der Waals surface area contributed by atoms with Gasteiger partial charge in [0, 0.05) is 13.2 Å². The molecule has 136 valence electrons. The summed E-state index contributed by atoms with van der Waals surface area (Å²) in [4.78, 5) is 24.3. The Balaban J connectivity index is 2.10. The Morgan fingerprint density at radius 2 is 2.04 bits per heavy atom. The predicted molar refractivity (Wildman–Crippen MR) is 96.0 cm³/mol. The number of phenolic OH excluding ortho intramolecular Hbond substituents is 1. The van der Waals surface area contributed by atoms with Crippen molar-refractivity contribution in [1.29, 1.82) is 0 Å². The van der Waals surface area contributed by atoms with E-state index in [1.165, 1.54) is 0 Å². The van der Waals surface area contributed by atoms with E-state index >= 15 is 0 Å². The van der Waals surface area contributed by atoms with Crippen LogP contribution in [0.5, 0.6) is 5.75 Å². The Bertz CT molecular complexity index is 823. The van der Waals surface area contributed by atoms with Crippen LogP contribution >= 0.6 is 0 Å². The first kappa shape index (κ1) is 19.0. The zero-order chi connectivity index (χ0) is 18.6. The molecule has 0 radical (unpaired) electrons. The highest BCUT2D eigenvalue weighted by atomic mass is 16.5. The van der Waals surface area contributed by atoms with Crippen LogP contribution in [0.3, 0.4) is 0 Å². The van der Waals surface area contributed by atoms with Gasteiger partial charge in [-0.3, -0.25) is 4.79 Å². The third-order valence-electron chi connectivity index (χ3n) is 3.93. The van der Waals surface area contributed by atoms with Crippen molar-refractivity contribution in [2.24, 2.45) is 0 Å². The van der Waals surface area contributed by atoms with Gasteiger partial charge in [-0.05, 0) is 57.4 Å². The van der Waals surface area contributed by atoms with Crippen LogP contribution in [0.4, 0.5) is 0 Å². The lowest BCUT2D eigenvalue weighted by molar-refractivity contribution is -0.120. The highest BCUT2D eigenvalue weighted by molar-refractivity contribution is 5.89. The molecule has 6 heteroatoms. The number of fused-ring (bicyclic) bond motifs is 1. The van der Waals surface area contributed by atoms with Gasteiger partial charge in [-0.2, -0.15) is 0 Å². The lowest BCUT2D eigenvalue weighted by atomic mass is 10.0. The molecule has 1 aromatic carbocycles. The maximum atomic E-state index is 12.2. The number of phenols is 1. The Kier molecular flexibility index (Phi) is 6.20. The van der Waals surface area contributed by atoms with E-state index in [4.69, 9.17) is 9.15 Å². The van der Waals surface area contributed by atoms with Crippen LogP contribution in [0, 0.1) is 13.8 Å². The highest BCUT2D eigenvalue weighted by Gasteiger charge is 2.17. The van der Waals surface area contributed by atoms with E-state index in [-0.39, 0.29) is 29.7 Å². The summed E-state index contributed by atoms with van der Waals surface area (Å²) in [5, 5.41) is 13.4. The van der Waals surface area contributed by atoms with E-state index in [1.54, 1.807) is 26.0 Å². The number of hydrogen-bond acceptors (Lipinski definition) is 5. The van der Waals surface area contributed by atoms with Crippen LogP contribution in [-0.2, 0) is 16.0 Å². The number of nitrogens with one attached hydrogen (secondary N) is 1. The van der Waals surface area contributed by atoms with Crippen molar-refractivity contribution in [3.63, 3.8) is 0 Å². The van der Waals surface area contributed by atoms with E-state index in [0.29, 0.717) is 36.1 Å². The van der Waals surface area contributed by atoms with Crippen molar-refractivity contribution in [1.82, 2.24) is 5.32 Å². The van der Waals surface area contributed by atoms with Crippen LogP contribution < -0.4 is 10.9 Å². The molecule has 0 bridgehead atoms. The average Bonchev–Trinajstić information content (AvgIpc) is 2.49. The van der Waals surface area contributed by atoms with Crippen molar-refractivity contribution < 1.29 is 19.1 Å². The molecular formula is C19H25NO5. The van der Waals surface area contributed by atoms with Crippen LogP contribution in [-0.4, -0.2) is 30.3 Å². The predicted octanol–water partition coefficient (Wildman–Crippen LogP) is 2.59. The molecule has 2 N–H and O–H groups in total. The molecule has 1 amide bonds. The van der Waals surface area contributed by atoms with Crippen molar-refractivity contribution in [3.05, 3.63) is 39.2 Å². The second-order valence-electron chi connectivity index (χ2n) is 6.45. The average molecular weight is 347 g/mol. The molecule has 0 aliphatic heterocycles. The van der Waals surface area contributed by atoms with Gasteiger partial charge in [0.2, 0.25) is 5.91 Å². The molecule has 0 spiro atoms. The van der Waals surface area contributed by atoms with Crippen LogP contribution in [0.1, 0.15) is 37.0 Å². The molecule has 0 aliphatic rings. The summed E-state index contributed by atoms with van der Waals surface area (Å²) in [5.41, 5.74) is 1.41. The second-order valence-corrected chi connectivity index (χ2v) is 6.45. The molecular weight excluding hydrogens is 322 g/mol. The van der Waals surface area contributed by atoms with Crippen LogP contribution in [0.2, 0.25) is 0 Å². The Morgan fingerprint density at radius 3 is 2.72 bits per heavy atom. The summed E-state index contributed by atoms with van der Waals surface area (Å²) in [7, 11) is 0. The third kappa shape index (κ3) is 4.82. The maximum Gasteiger partial charge on any atom is 0.340 e. The fourth-order valence-corrected chi connectivity index (χ4v) is 2.70. The molecule has 0 aliphatic carbocycles. The van der Waals surface area contributed by atoms with E-state index in [1.807, 2.05) is 13.8 Å². The molecule has 0 saturated heterocycles. The number of aryl methyl sites for hydroxylation is 2. The largest absolute Gasteiger partial charge is 0.507 e. The van der Waals surface area contributed by atoms with Crippen LogP contribution in [0.25, 0.3) is 11.0 Å². The van der Waals surface area contributed by atoms with Gasteiger partial charge in [0.15, 0.2) is 0 Å². The molecule has 1 aromatic heterocycles. The molecule has 25 heavy (non-hydrogen) atoms. The van der Waals surface area contributed by atoms with E-state index in [9.17, 15) is 14.7 Å². The van der Waals surface area contributed by atoms with Crippen LogP contribution in [0.15, 0.2) is 21.3 Å². The second kappa shape index (κ2) is 8.16. The number of carbonyl (C=O) groups is 1. The summed E-state index contributed by atoms with van der Waals surface area (Å²) in [6.07, 6.45) is 0.787. The lowest BCUT2D eigenvalue weighted by Gasteiger charge is -2.11. The van der Waals surface area contributed by atoms with Gasteiger partial charge in [-0.15, -0.1) is 0 Å². The summed E-state index contributed by atoms with van der Waals surface area (Å²) in [5.74, 6) is -0.213. The minimum atomic E-state index is -0.548. The molecule has 6 nitrogen and oxygen atoms in total.